The van der Waals surface area contributed by atoms with Gasteiger partial charge in [0.2, 0.25) is 5.91 Å². The maximum Gasteiger partial charge on any atom is 0.240 e. The highest BCUT2D eigenvalue weighted by Gasteiger charge is 2.17. The lowest BCUT2D eigenvalue weighted by Crippen LogP contribution is -2.39. The summed E-state index contributed by atoms with van der Waals surface area (Å²) in [5, 5.41) is 10.7. The van der Waals surface area contributed by atoms with Crippen LogP contribution in [0.15, 0.2) is 24.3 Å². The maximum absolute atomic E-state index is 12.4. The Labute approximate surface area is 169 Å². The topological polar surface area (TPSA) is 66.0 Å². The van der Waals surface area contributed by atoms with E-state index in [-0.39, 0.29) is 12.5 Å². The average Bonchev–Trinajstić information content (AvgIpc) is 3.01. The van der Waals surface area contributed by atoms with Gasteiger partial charge in [-0.2, -0.15) is 5.10 Å². The first-order chi connectivity index (χ1) is 13.0. The lowest BCUT2D eigenvalue weighted by molar-refractivity contribution is -0.121. The summed E-state index contributed by atoms with van der Waals surface area (Å²) in [7, 11) is 0. The van der Waals surface area contributed by atoms with Crippen LogP contribution in [-0.2, 0) is 11.3 Å². The Morgan fingerprint density at radius 1 is 1.37 bits per heavy atom. The average molecular weight is 408 g/mol. The van der Waals surface area contributed by atoms with Crippen LogP contribution in [0, 0.1) is 4.77 Å². The number of likely N-dealkylation sites (tertiary alicyclic amines) is 1. The number of H-pyrrole nitrogens is 1. The first-order valence-electron chi connectivity index (χ1n) is 9.46. The highest BCUT2D eigenvalue weighted by Crippen LogP contribution is 2.20. The fourth-order valence-corrected chi connectivity index (χ4v) is 3.81. The third-order valence-electron chi connectivity index (χ3n) is 5.05. The Bertz CT molecular complexity index is 816. The van der Waals surface area contributed by atoms with Crippen molar-refractivity contribution >= 4 is 29.7 Å². The minimum absolute atomic E-state index is 0.0607. The number of hydrogen-bond donors (Lipinski definition) is 2. The highest BCUT2D eigenvalue weighted by atomic mass is 35.5. The molecule has 1 aliphatic rings. The lowest BCUT2D eigenvalue weighted by Gasteiger charge is -2.33. The molecule has 1 fully saturated rings. The van der Waals surface area contributed by atoms with Gasteiger partial charge in [0.1, 0.15) is 6.54 Å². The van der Waals surface area contributed by atoms with Crippen LogP contribution in [0.5, 0.6) is 0 Å². The summed E-state index contributed by atoms with van der Waals surface area (Å²) in [5.74, 6) is 0.573. The molecule has 6 nitrogen and oxygen atoms in total. The molecule has 0 aliphatic carbocycles. The Kier molecular flexibility index (Phi) is 7.04. The number of piperidine rings is 1. The van der Waals surface area contributed by atoms with Gasteiger partial charge in [0.15, 0.2) is 10.6 Å². The third kappa shape index (κ3) is 5.40. The van der Waals surface area contributed by atoms with Gasteiger partial charge in [-0.15, -0.1) is 0 Å². The van der Waals surface area contributed by atoms with Crippen LogP contribution >= 0.6 is 23.8 Å². The Hall–Kier alpha value is -1.70. The van der Waals surface area contributed by atoms with Crippen molar-refractivity contribution < 1.29 is 4.79 Å². The summed E-state index contributed by atoms with van der Waals surface area (Å²) < 4.78 is 2.14. The molecular weight excluding hydrogens is 382 g/mol. The highest BCUT2D eigenvalue weighted by molar-refractivity contribution is 7.71. The fourth-order valence-electron chi connectivity index (χ4n) is 3.48. The zero-order valence-corrected chi connectivity index (χ0v) is 17.2. The molecule has 1 saturated heterocycles. The van der Waals surface area contributed by atoms with Crippen LogP contribution in [0.1, 0.15) is 32.6 Å². The number of halogens is 1. The van der Waals surface area contributed by atoms with Crippen LogP contribution in [0.4, 0.5) is 0 Å². The van der Waals surface area contributed by atoms with Crippen molar-refractivity contribution in [3.05, 3.63) is 34.1 Å². The number of nitrogens with one attached hydrogen (secondary N) is 2. The minimum atomic E-state index is -0.0607. The Morgan fingerprint density at radius 3 is 2.89 bits per heavy atom. The second kappa shape index (κ2) is 9.48. The van der Waals surface area contributed by atoms with Gasteiger partial charge >= 0.3 is 0 Å². The number of benzene rings is 1. The van der Waals surface area contributed by atoms with Crippen LogP contribution < -0.4 is 5.32 Å². The van der Waals surface area contributed by atoms with Gasteiger partial charge in [0.05, 0.1) is 0 Å². The number of nitrogens with zero attached hydrogens (tertiary/aromatic N) is 3. The lowest BCUT2D eigenvalue weighted by atomic mass is 10.0. The molecule has 0 bridgehead atoms. The zero-order chi connectivity index (χ0) is 19.2. The Balaban J connectivity index is 1.51. The molecule has 3 rings (SSSR count). The second-order valence-corrected chi connectivity index (χ2v) is 7.85. The molecule has 1 aliphatic heterocycles. The fraction of sp³-hybridized carbons (Fsp3) is 0.526. The number of amides is 1. The van der Waals surface area contributed by atoms with E-state index in [1.165, 1.54) is 25.8 Å². The van der Waals surface area contributed by atoms with Gasteiger partial charge in [0, 0.05) is 29.7 Å². The Morgan fingerprint density at radius 2 is 2.15 bits per heavy atom. The van der Waals surface area contributed by atoms with Crippen molar-refractivity contribution in [2.24, 2.45) is 0 Å². The molecule has 146 valence electrons. The van der Waals surface area contributed by atoms with Crippen molar-refractivity contribution in [3.63, 3.8) is 0 Å². The molecule has 2 heterocycles. The molecule has 8 heteroatoms. The third-order valence-corrected chi connectivity index (χ3v) is 5.61. The summed E-state index contributed by atoms with van der Waals surface area (Å²) in [6.07, 6.45) is 4.84. The van der Waals surface area contributed by atoms with E-state index >= 15 is 0 Å². The number of hydrogen-bond acceptors (Lipinski definition) is 4. The number of carbonyl (C=O) groups is 1. The van der Waals surface area contributed by atoms with E-state index in [4.69, 9.17) is 23.8 Å². The minimum Gasteiger partial charge on any atom is -0.355 e. The first kappa shape index (κ1) is 20.0. The van der Waals surface area contributed by atoms with Crippen molar-refractivity contribution in [2.45, 2.75) is 45.2 Å². The van der Waals surface area contributed by atoms with E-state index in [0.717, 1.165) is 18.5 Å². The first-order valence-corrected chi connectivity index (χ1v) is 10.2. The van der Waals surface area contributed by atoms with E-state index in [0.29, 0.717) is 28.2 Å². The standard InChI is InChI=1S/C19H26ClN5OS/c1-14-5-2-3-11-24(14)12-4-10-21-17(26)13-25-18(22-23-19(25)27)15-6-8-16(20)9-7-15/h6-9,14H,2-5,10-13H2,1H3,(H,21,26)(H,23,27). The van der Waals surface area contributed by atoms with E-state index in [9.17, 15) is 4.79 Å². The molecule has 1 aromatic heterocycles. The number of rotatable bonds is 7. The smallest absolute Gasteiger partial charge is 0.240 e. The zero-order valence-electron chi connectivity index (χ0n) is 15.6. The van der Waals surface area contributed by atoms with Crippen LogP contribution in [0.25, 0.3) is 11.4 Å². The van der Waals surface area contributed by atoms with Crippen molar-refractivity contribution in [1.29, 1.82) is 0 Å². The van der Waals surface area contributed by atoms with Crippen LogP contribution in [0.2, 0.25) is 5.02 Å². The van der Waals surface area contributed by atoms with Gasteiger partial charge in [0.25, 0.3) is 0 Å². The van der Waals surface area contributed by atoms with E-state index in [2.05, 4.69) is 27.3 Å². The van der Waals surface area contributed by atoms with Crippen LogP contribution in [0.3, 0.4) is 0 Å². The second-order valence-electron chi connectivity index (χ2n) is 7.03. The summed E-state index contributed by atoms with van der Waals surface area (Å²) in [5.41, 5.74) is 0.860. The number of aromatic nitrogens is 3. The molecule has 1 aromatic carbocycles. The molecular formula is C19H26ClN5OS. The quantitative estimate of drug-likeness (QED) is 0.543. The molecule has 1 amide bonds. The van der Waals surface area contributed by atoms with Gasteiger partial charge in [-0.05, 0) is 69.2 Å². The monoisotopic (exact) mass is 407 g/mol. The normalized spacial score (nSPS) is 17.8. The maximum atomic E-state index is 12.4. The van der Waals surface area contributed by atoms with Gasteiger partial charge in [-0.1, -0.05) is 18.0 Å². The summed E-state index contributed by atoms with van der Waals surface area (Å²) in [4.78, 5) is 14.9. The number of aromatic amines is 1. The molecule has 1 unspecified atom stereocenters. The van der Waals surface area contributed by atoms with E-state index < -0.39 is 0 Å². The molecule has 0 spiro atoms. The van der Waals surface area contributed by atoms with Crippen molar-refractivity contribution in [3.8, 4) is 11.4 Å². The summed E-state index contributed by atoms with van der Waals surface area (Å²) >= 11 is 11.2. The summed E-state index contributed by atoms with van der Waals surface area (Å²) in [6.45, 7) is 5.31. The predicted molar refractivity (Wildman–Crippen MR) is 110 cm³/mol. The van der Waals surface area contributed by atoms with E-state index in [1.54, 1.807) is 16.7 Å². The van der Waals surface area contributed by atoms with Crippen molar-refractivity contribution in [1.82, 2.24) is 25.0 Å². The molecule has 1 atom stereocenters. The van der Waals surface area contributed by atoms with E-state index in [1.807, 2.05) is 12.1 Å². The van der Waals surface area contributed by atoms with Gasteiger partial charge < -0.3 is 10.2 Å². The molecule has 27 heavy (non-hydrogen) atoms. The largest absolute Gasteiger partial charge is 0.355 e. The molecule has 0 radical (unpaired) electrons. The SMILES string of the molecule is CC1CCCCN1CCCNC(=O)Cn1c(-c2ccc(Cl)cc2)n[nH]c1=S. The van der Waals surface area contributed by atoms with Gasteiger partial charge in [-0.25, -0.2) is 0 Å². The number of carbonyl (C=O) groups excluding carboxylic acids is 1. The van der Waals surface area contributed by atoms with Gasteiger partial charge in [-0.3, -0.25) is 14.5 Å². The predicted octanol–water partition coefficient (Wildman–Crippen LogP) is 3.64. The van der Waals surface area contributed by atoms with Crippen molar-refractivity contribution in [2.75, 3.05) is 19.6 Å². The molecule has 2 aromatic rings. The molecule has 2 N–H and O–H groups in total. The van der Waals surface area contributed by atoms with Crippen LogP contribution in [-0.4, -0.2) is 51.2 Å². The summed E-state index contributed by atoms with van der Waals surface area (Å²) in [6, 6.07) is 7.96. The molecule has 0 saturated carbocycles.